The van der Waals surface area contributed by atoms with E-state index in [1.165, 1.54) is 12.1 Å². The Kier molecular flexibility index (Phi) is 5.21. The van der Waals surface area contributed by atoms with Crippen molar-refractivity contribution in [1.82, 2.24) is 9.55 Å². The van der Waals surface area contributed by atoms with Crippen LogP contribution in [0.4, 0.5) is 4.39 Å². The number of H-pyrrole nitrogens is 1. The summed E-state index contributed by atoms with van der Waals surface area (Å²) >= 11 is 5.95. The summed E-state index contributed by atoms with van der Waals surface area (Å²) in [5, 5.41) is 9.65. The molecule has 0 spiro atoms. The van der Waals surface area contributed by atoms with Gasteiger partial charge in [0.2, 0.25) is 5.82 Å². The number of aliphatic hydroxyl groups is 1. The van der Waals surface area contributed by atoms with Gasteiger partial charge in [0.1, 0.15) is 18.4 Å². The van der Waals surface area contributed by atoms with Crippen LogP contribution in [0.25, 0.3) is 0 Å². The zero-order chi connectivity index (χ0) is 18.8. The fourth-order valence-electron chi connectivity index (χ4n) is 2.66. The Hall–Kier alpha value is -2.49. The summed E-state index contributed by atoms with van der Waals surface area (Å²) < 4.78 is 25.1. The lowest BCUT2D eigenvalue weighted by Gasteiger charge is -2.16. The molecule has 0 aliphatic carbocycles. The number of rotatable bonds is 4. The first-order chi connectivity index (χ1) is 12.4. The lowest BCUT2D eigenvalue weighted by Crippen LogP contribution is -2.34. The molecule has 2 heterocycles. The van der Waals surface area contributed by atoms with Crippen molar-refractivity contribution >= 4 is 17.6 Å². The average molecular weight is 385 g/mol. The molecule has 1 aromatic heterocycles. The minimum absolute atomic E-state index is 0.0210. The van der Waals surface area contributed by atoms with Gasteiger partial charge in [0, 0.05) is 6.42 Å². The molecule has 3 rings (SSSR count). The normalized spacial score (nSPS) is 22.3. The maximum atomic E-state index is 13.5. The molecule has 0 saturated carbocycles. The van der Waals surface area contributed by atoms with E-state index in [1.54, 1.807) is 12.1 Å². The van der Waals surface area contributed by atoms with Gasteiger partial charge in [-0.15, -0.1) is 0 Å². The van der Waals surface area contributed by atoms with Gasteiger partial charge in [-0.05, 0) is 12.1 Å². The third-order valence-electron chi connectivity index (χ3n) is 3.95. The standard InChI is InChI=1S/C16H14ClFN2O6/c17-9-4-2-1-3-8(9)15(23)26-11-5-13(25-12(11)7-21)20-6-10(18)14(22)19-16(20)24/h1-4,6,11-13,21H,5,7H2,(H,19,22,24)/t11-,12+,13+/m0/s1. The first kappa shape index (κ1) is 18.3. The highest BCUT2D eigenvalue weighted by Crippen LogP contribution is 2.30. The van der Waals surface area contributed by atoms with Gasteiger partial charge >= 0.3 is 11.7 Å². The summed E-state index contributed by atoms with van der Waals surface area (Å²) in [7, 11) is 0. The molecule has 26 heavy (non-hydrogen) atoms. The van der Waals surface area contributed by atoms with E-state index in [0.29, 0.717) is 6.20 Å². The zero-order valence-corrected chi connectivity index (χ0v) is 14.0. The zero-order valence-electron chi connectivity index (χ0n) is 13.2. The Balaban J connectivity index is 1.81. The molecule has 3 atom stereocenters. The summed E-state index contributed by atoms with van der Waals surface area (Å²) in [6.07, 6.45) is -2.15. The minimum atomic E-state index is -1.16. The molecule has 0 amide bonds. The summed E-state index contributed by atoms with van der Waals surface area (Å²) in [5.74, 6) is -1.88. The minimum Gasteiger partial charge on any atom is -0.456 e. The van der Waals surface area contributed by atoms with Crippen LogP contribution in [-0.2, 0) is 9.47 Å². The van der Waals surface area contributed by atoms with Gasteiger partial charge in [0.15, 0.2) is 0 Å². The Morgan fingerprint density at radius 3 is 2.85 bits per heavy atom. The number of aromatic nitrogens is 2. The topological polar surface area (TPSA) is 111 Å². The second-order valence-corrected chi connectivity index (χ2v) is 6.02. The molecule has 1 aliphatic rings. The third kappa shape index (κ3) is 3.55. The molecule has 1 aromatic carbocycles. The number of aliphatic hydroxyl groups excluding tert-OH is 1. The molecule has 1 fully saturated rings. The van der Waals surface area contributed by atoms with E-state index in [1.807, 2.05) is 4.98 Å². The van der Waals surface area contributed by atoms with Crippen molar-refractivity contribution in [1.29, 1.82) is 0 Å². The van der Waals surface area contributed by atoms with Crippen molar-refractivity contribution in [2.24, 2.45) is 0 Å². The Bertz CT molecular complexity index is 943. The fourth-order valence-corrected chi connectivity index (χ4v) is 2.87. The highest BCUT2D eigenvalue weighted by atomic mass is 35.5. The Morgan fingerprint density at radius 2 is 2.15 bits per heavy atom. The lowest BCUT2D eigenvalue weighted by molar-refractivity contribution is -0.0524. The van der Waals surface area contributed by atoms with Gasteiger partial charge in [-0.2, -0.15) is 4.39 Å². The number of carbonyl (C=O) groups is 1. The predicted octanol–water partition coefficient (Wildman–Crippen LogP) is 0.835. The maximum absolute atomic E-state index is 13.5. The van der Waals surface area contributed by atoms with Crippen molar-refractivity contribution in [3.05, 3.63) is 67.7 Å². The molecule has 138 valence electrons. The summed E-state index contributed by atoms with van der Waals surface area (Å²) in [6.45, 7) is -0.489. The van der Waals surface area contributed by atoms with Crippen LogP contribution in [0.5, 0.6) is 0 Å². The SMILES string of the molecule is O=C(O[C@H]1C[C@H](n2cc(F)c(=O)[nH]c2=O)O[C@@H]1CO)c1ccccc1Cl. The number of hydrogen-bond acceptors (Lipinski definition) is 6. The average Bonchev–Trinajstić information content (AvgIpc) is 3.01. The van der Waals surface area contributed by atoms with E-state index in [-0.39, 0.29) is 17.0 Å². The molecule has 10 heteroatoms. The van der Waals surface area contributed by atoms with Crippen molar-refractivity contribution in [2.75, 3.05) is 6.61 Å². The number of carbonyl (C=O) groups excluding carboxylic acids is 1. The molecule has 2 aromatic rings. The highest BCUT2D eigenvalue weighted by Gasteiger charge is 2.39. The van der Waals surface area contributed by atoms with Crippen molar-refractivity contribution in [3.8, 4) is 0 Å². The monoisotopic (exact) mass is 384 g/mol. The van der Waals surface area contributed by atoms with Crippen molar-refractivity contribution in [2.45, 2.75) is 24.9 Å². The van der Waals surface area contributed by atoms with Crippen LogP contribution >= 0.6 is 11.6 Å². The van der Waals surface area contributed by atoms with E-state index >= 15 is 0 Å². The van der Waals surface area contributed by atoms with Crippen LogP contribution in [0, 0.1) is 5.82 Å². The number of halogens is 2. The Labute approximate surface area is 150 Å². The van der Waals surface area contributed by atoms with Crippen molar-refractivity contribution in [3.63, 3.8) is 0 Å². The van der Waals surface area contributed by atoms with Gasteiger partial charge in [0.25, 0.3) is 5.56 Å². The second kappa shape index (κ2) is 7.40. The quantitative estimate of drug-likeness (QED) is 0.755. The largest absolute Gasteiger partial charge is 0.456 e. The molecule has 1 saturated heterocycles. The van der Waals surface area contributed by atoms with E-state index < -0.39 is 48.1 Å². The number of ether oxygens (including phenoxy) is 2. The molecule has 0 unspecified atom stereocenters. The first-order valence-corrected chi connectivity index (χ1v) is 8.01. The third-order valence-corrected chi connectivity index (χ3v) is 4.28. The molecule has 0 bridgehead atoms. The lowest BCUT2D eigenvalue weighted by atomic mass is 10.1. The number of hydrogen-bond donors (Lipinski definition) is 2. The van der Waals surface area contributed by atoms with Crippen LogP contribution in [0.1, 0.15) is 23.0 Å². The molecule has 2 N–H and O–H groups in total. The van der Waals surface area contributed by atoms with Crippen LogP contribution < -0.4 is 11.2 Å². The number of esters is 1. The first-order valence-electron chi connectivity index (χ1n) is 7.63. The molecular weight excluding hydrogens is 371 g/mol. The number of benzene rings is 1. The van der Waals surface area contributed by atoms with Crippen LogP contribution in [-0.4, -0.2) is 39.4 Å². The number of nitrogens with one attached hydrogen (secondary N) is 1. The van der Waals surface area contributed by atoms with Crippen molar-refractivity contribution < 1.29 is 23.8 Å². The maximum Gasteiger partial charge on any atom is 0.340 e. The van der Waals surface area contributed by atoms with Gasteiger partial charge in [0.05, 0.1) is 23.4 Å². The van der Waals surface area contributed by atoms with Crippen LogP contribution in [0.3, 0.4) is 0 Å². The van der Waals surface area contributed by atoms with Crippen LogP contribution in [0.15, 0.2) is 40.1 Å². The Morgan fingerprint density at radius 1 is 1.42 bits per heavy atom. The summed E-state index contributed by atoms with van der Waals surface area (Å²) in [4.78, 5) is 37.0. The molecule has 8 nitrogen and oxygen atoms in total. The second-order valence-electron chi connectivity index (χ2n) is 5.61. The van der Waals surface area contributed by atoms with Gasteiger partial charge in [-0.3, -0.25) is 14.3 Å². The molecular formula is C16H14ClFN2O6. The number of aromatic amines is 1. The molecule has 1 aliphatic heterocycles. The number of nitrogens with zero attached hydrogens (tertiary/aromatic N) is 1. The molecule has 0 radical (unpaired) electrons. The highest BCUT2D eigenvalue weighted by molar-refractivity contribution is 6.33. The van der Waals surface area contributed by atoms with Gasteiger partial charge < -0.3 is 14.6 Å². The van der Waals surface area contributed by atoms with Gasteiger partial charge in [-0.1, -0.05) is 23.7 Å². The van der Waals surface area contributed by atoms with E-state index in [2.05, 4.69) is 0 Å². The van der Waals surface area contributed by atoms with Gasteiger partial charge in [-0.25, -0.2) is 9.59 Å². The fraction of sp³-hybridized carbons (Fsp3) is 0.312. The predicted molar refractivity (Wildman–Crippen MR) is 87.5 cm³/mol. The van der Waals surface area contributed by atoms with E-state index in [9.17, 15) is 23.9 Å². The van der Waals surface area contributed by atoms with E-state index in [4.69, 9.17) is 21.1 Å². The van der Waals surface area contributed by atoms with E-state index in [0.717, 1.165) is 4.57 Å². The smallest absolute Gasteiger partial charge is 0.340 e. The summed E-state index contributed by atoms with van der Waals surface area (Å²) in [6, 6.07) is 6.27. The summed E-state index contributed by atoms with van der Waals surface area (Å²) in [5.41, 5.74) is -1.89. The van der Waals surface area contributed by atoms with Crippen LogP contribution in [0.2, 0.25) is 5.02 Å².